The van der Waals surface area contributed by atoms with Crippen LogP contribution in [0.25, 0.3) is 0 Å². The lowest BCUT2D eigenvalue weighted by Crippen LogP contribution is -2.43. The maximum absolute atomic E-state index is 11.5. The van der Waals surface area contributed by atoms with Crippen LogP contribution in [0.5, 0.6) is 0 Å². The highest BCUT2D eigenvalue weighted by atomic mass is 32.2. The Labute approximate surface area is 121 Å². The Morgan fingerprint density at radius 3 is 2.42 bits per heavy atom. The Kier molecular flexibility index (Phi) is 9.47. The van der Waals surface area contributed by atoms with Crippen LogP contribution in [-0.4, -0.2) is 49.0 Å². The molecule has 0 aromatic rings. The molecule has 0 unspecified atom stereocenters. The van der Waals surface area contributed by atoms with Crippen molar-refractivity contribution in [2.24, 2.45) is 4.99 Å². The van der Waals surface area contributed by atoms with E-state index in [0.717, 1.165) is 19.5 Å². The largest absolute Gasteiger partial charge is 0.357 e. The topological polar surface area (TPSA) is 65.5 Å². The summed E-state index contributed by atoms with van der Waals surface area (Å²) in [4.78, 5) is 15.8. The van der Waals surface area contributed by atoms with Crippen LogP contribution in [0.15, 0.2) is 4.99 Å². The van der Waals surface area contributed by atoms with Crippen LogP contribution in [0.2, 0.25) is 0 Å². The molecule has 19 heavy (non-hydrogen) atoms. The molecule has 0 aromatic heterocycles. The minimum Gasteiger partial charge on any atom is -0.357 e. The zero-order valence-corrected chi connectivity index (χ0v) is 13.6. The quantitative estimate of drug-likeness (QED) is 0.464. The second-order valence-electron chi connectivity index (χ2n) is 4.86. The normalized spacial score (nSPS) is 12.2. The van der Waals surface area contributed by atoms with Crippen molar-refractivity contribution in [2.45, 2.75) is 38.9 Å². The highest BCUT2D eigenvalue weighted by molar-refractivity contribution is 7.99. The van der Waals surface area contributed by atoms with Crippen molar-refractivity contribution in [3.8, 4) is 0 Å². The molecule has 0 aliphatic heterocycles. The second-order valence-corrected chi connectivity index (χ2v) is 6.38. The van der Waals surface area contributed by atoms with Gasteiger partial charge >= 0.3 is 0 Å². The van der Waals surface area contributed by atoms with Crippen molar-refractivity contribution in [1.82, 2.24) is 16.0 Å². The van der Waals surface area contributed by atoms with E-state index >= 15 is 0 Å². The Balaban J connectivity index is 4.26. The molecule has 0 heterocycles. The molecule has 3 N–H and O–H groups in total. The summed E-state index contributed by atoms with van der Waals surface area (Å²) in [6.45, 7) is 10.8. The van der Waals surface area contributed by atoms with Gasteiger partial charge < -0.3 is 16.0 Å². The minimum absolute atomic E-state index is 0.0387. The van der Waals surface area contributed by atoms with E-state index in [9.17, 15) is 4.79 Å². The molecule has 6 heteroatoms. The first-order chi connectivity index (χ1) is 8.95. The maximum Gasteiger partial charge on any atom is 0.241 e. The van der Waals surface area contributed by atoms with Crippen LogP contribution in [0.4, 0.5) is 0 Å². The van der Waals surface area contributed by atoms with Crippen LogP contribution in [-0.2, 0) is 4.79 Å². The van der Waals surface area contributed by atoms with E-state index in [-0.39, 0.29) is 17.2 Å². The zero-order chi connectivity index (χ0) is 14.7. The average molecular weight is 288 g/mol. The first-order valence-corrected chi connectivity index (χ1v) is 8.01. The fourth-order valence-corrected chi connectivity index (χ4v) is 1.40. The van der Waals surface area contributed by atoms with E-state index in [1.807, 2.05) is 13.8 Å². The van der Waals surface area contributed by atoms with Gasteiger partial charge in [-0.05, 0) is 33.4 Å². The fraction of sp³-hybridized carbons (Fsp3) is 0.846. The molecule has 0 bridgehead atoms. The summed E-state index contributed by atoms with van der Waals surface area (Å²) in [7, 11) is 0. The predicted octanol–water partition coefficient (Wildman–Crippen LogP) is 1.21. The van der Waals surface area contributed by atoms with E-state index in [1.54, 1.807) is 11.8 Å². The van der Waals surface area contributed by atoms with Gasteiger partial charge in [-0.3, -0.25) is 4.79 Å². The Morgan fingerprint density at radius 2 is 1.89 bits per heavy atom. The lowest BCUT2D eigenvalue weighted by molar-refractivity contribution is -0.119. The lowest BCUT2D eigenvalue weighted by atomic mass is 10.2. The number of rotatable bonds is 8. The summed E-state index contributed by atoms with van der Waals surface area (Å²) < 4.78 is 0.140. The van der Waals surface area contributed by atoms with Crippen molar-refractivity contribution in [1.29, 1.82) is 0 Å². The van der Waals surface area contributed by atoms with Crippen molar-refractivity contribution < 1.29 is 4.79 Å². The van der Waals surface area contributed by atoms with Gasteiger partial charge in [-0.1, -0.05) is 6.92 Å². The van der Waals surface area contributed by atoms with Crippen LogP contribution in [0.1, 0.15) is 34.1 Å². The van der Waals surface area contributed by atoms with Gasteiger partial charge in [0.15, 0.2) is 5.96 Å². The van der Waals surface area contributed by atoms with Gasteiger partial charge in [0, 0.05) is 24.4 Å². The van der Waals surface area contributed by atoms with Gasteiger partial charge in [0.05, 0.1) is 0 Å². The molecule has 0 rings (SSSR count). The number of amides is 1. The standard InChI is InChI=1S/C13H28N4OS/c1-6-8-15-11(18)9-16-12(14-7-2)17-10-13(3,4)19-5/h6-10H2,1-5H3,(H,15,18)(H2,14,16,17). The molecule has 0 aromatic carbocycles. The van der Waals surface area contributed by atoms with Gasteiger partial charge in [0.2, 0.25) is 5.91 Å². The van der Waals surface area contributed by atoms with Crippen molar-refractivity contribution in [3.63, 3.8) is 0 Å². The molecule has 0 saturated carbocycles. The number of aliphatic imine (C=N–C) groups is 1. The summed E-state index contributed by atoms with van der Waals surface area (Å²) in [5, 5.41) is 9.21. The van der Waals surface area contributed by atoms with Crippen LogP contribution in [0, 0.1) is 0 Å². The first kappa shape index (κ1) is 18.1. The molecule has 0 spiro atoms. The van der Waals surface area contributed by atoms with Gasteiger partial charge in [-0.2, -0.15) is 11.8 Å². The molecule has 112 valence electrons. The zero-order valence-electron chi connectivity index (χ0n) is 12.8. The molecule has 5 nitrogen and oxygen atoms in total. The minimum atomic E-state index is -0.0387. The predicted molar refractivity (Wildman–Crippen MR) is 84.9 cm³/mol. The molecular formula is C13H28N4OS. The van der Waals surface area contributed by atoms with E-state index < -0.39 is 0 Å². The van der Waals surface area contributed by atoms with Crippen LogP contribution < -0.4 is 16.0 Å². The number of carbonyl (C=O) groups excluding carboxylic acids is 1. The number of hydrogen-bond donors (Lipinski definition) is 3. The summed E-state index contributed by atoms with van der Waals surface area (Å²) in [5.41, 5.74) is 0. The SMILES string of the molecule is CCCNC(=O)CN=C(NCC)NCC(C)(C)SC. The number of hydrogen-bond acceptors (Lipinski definition) is 3. The average Bonchev–Trinajstić information content (AvgIpc) is 2.39. The molecule has 0 saturated heterocycles. The molecule has 0 fully saturated rings. The summed E-state index contributed by atoms with van der Waals surface area (Å²) in [6.07, 6.45) is 3.03. The Bertz CT molecular complexity index is 292. The van der Waals surface area contributed by atoms with Gasteiger partial charge in [0.25, 0.3) is 0 Å². The Hall–Kier alpha value is -0.910. The third-order valence-corrected chi connectivity index (χ3v) is 3.78. The molecule has 1 amide bonds. The summed E-state index contributed by atoms with van der Waals surface area (Å²) >= 11 is 1.80. The fourth-order valence-electron chi connectivity index (χ4n) is 1.18. The smallest absolute Gasteiger partial charge is 0.241 e. The van der Waals surface area contributed by atoms with Crippen LogP contribution in [0.3, 0.4) is 0 Å². The number of carbonyl (C=O) groups is 1. The van der Waals surface area contributed by atoms with Crippen LogP contribution >= 0.6 is 11.8 Å². The molecule has 0 aliphatic rings. The molecule has 0 atom stereocenters. The third kappa shape index (κ3) is 9.64. The van der Waals surface area contributed by atoms with Crippen molar-refractivity contribution in [3.05, 3.63) is 0 Å². The maximum atomic E-state index is 11.5. The third-order valence-electron chi connectivity index (χ3n) is 2.53. The molecule has 0 aliphatic carbocycles. The van der Waals surface area contributed by atoms with Gasteiger partial charge in [-0.25, -0.2) is 4.99 Å². The number of thioether (sulfide) groups is 1. The second kappa shape index (κ2) is 9.95. The van der Waals surface area contributed by atoms with E-state index in [2.05, 4.69) is 41.0 Å². The number of guanidine groups is 1. The first-order valence-electron chi connectivity index (χ1n) is 6.79. The monoisotopic (exact) mass is 288 g/mol. The molecular weight excluding hydrogens is 260 g/mol. The van der Waals surface area contributed by atoms with Crippen molar-refractivity contribution >= 4 is 23.6 Å². The number of nitrogens with zero attached hydrogens (tertiary/aromatic N) is 1. The summed E-state index contributed by atoms with van der Waals surface area (Å²) in [6, 6.07) is 0. The highest BCUT2D eigenvalue weighted by Crippen LogP contribution is 2.19. The van der Waals surface area contributed by atoms with Gasteiger partial charge in [0.1, 0.15) is 6.54 Å². The highest BCUT2D eigenvalue weighted by Gasteiger charge is 2.16. The molecule has 0 radical (unpaired) electrons. The lowest BCUT2D eigenvalue weighted by Gasteiger charge is -2.23. The van der Waals surface area contributed by atoms with E-state index in [0.29, 0.717) is 12.5 Å². The van der Waals surface area contributed by atoms with E-state index in [4.69, 9.17) is 0 Å². The summed E-state index contributed by atoms with van der Waals surface area (Å²) in [5.74, 6) is 0.652. The number of nitrogens with one attached hydrogen (secondary N) is 3. The van der Waals surface area contributed by atoms with Gasteiger partial charge in [-0.15, -0.1) is 0 Å². The van der Waals surface area contributed by atoms with E-state index in [1.165, 1.54) is 0 Å². The van der Waals surface area contributed by atoms with Crippen molar-refractivity contribution in [2.75, 3.05) is 32.4 Å². The Morgan fingerprint density at radius 1 is 1.21 bits per heavy atom.